The maximum absolute atomic E-state index is 5.79. The Morgan fingerprint density at radius 3 is 2.90 bits per heavy atom. The summed E-state index contributed by atoms with van der Waals surface area (Å²) in [6, 6.07) is 5.90. The van der Waals surface area contributed by atoms with E-state index in [0.29, 0.717) is 11.0 Å². The largest absolute Gasteiger partial charge is 0.382 e. The lowest BCUT2D eigenvalue weighted by molar-refractivity contribution is 0.751. The molecule has 0 radical (unpaired) electrons. The van der Waals surface area contributed by atoms with Crippen molar-refractivity contribution in [2.75, 3.05) is 11.1 Å². The molecule has 3 N–H and O–H groups in total. The van der Waals surface area contributed by atoms with Gasteiger partial charge in [0.2, 0.25) is 5.95 Å². The highest BCUT2D eigenvalue weighted by molar-refractivity contribution is 6.32. The number of aromatic nitrogens is 4. The van der Waals surface area contributed by atoms with E-state index in [9.17, 15) is 0 Å². The van der Waals surface area contributed by atoms with E-state index in [1.54, 1.807) is 0 Å². The average Bonchev–Trinajstić information content (AvgIpc) is 2.69. The van der Waals surface area contributed by atoms with E-state index in [2.05, 4.69) is 20.4 Å². The molecular weight excluding hydrogens is 276 g/mol. The van der Waals surface area contributed by atoms with Gasteiger partial charge in [-0.05, 0) is 25.1 Å². The summed E-state index contributed by atoms with van der Waals surface area (Å²) in [6.45, 7) is 2.03. The number of benzene rings is 1. The molecule has 2 heterocycles. The summed E-state index contributed by atoms with van der Waals surface area (Å²) in [5.74, 6) is 0.651. The van der Waals surface area contributed by atoms with Gasteiger partial charge < -0.3 is 11.1 Å². The van der Waals surface area contributed by atoms with Crippen molar-refractivity contribution in [2.45, 2.75) is 6.92 Å². The summed E-state index contributed by atoms with van der Waals surface area (Å²) < 4.78 is 1.85. The third-order valence-corrected chi connectivity index (χ3v) is 3.45. The number of rotatable bonds is 2. The lowest BCUT2D eigenvalue weighted by Crippen LogP contribution is -2.00. The van der Waals surface area contributed by atoms with E-state index in [4.69, 9.17) is 17.3 Å². The minimum atomic E-state index is 0.249. The van der Waals surface area contributed by atoms with Gasteiger partial charge in [-0.1, -0.05) is 11.6 Å². The topological polar surface area (TPSA) is 81.7 Å². The second kappa shape index (κ2) is 4.64. The molecule has 0 spiro atoms. The average molecular weight is 289 g/mol. The molecule has 3 rings (SSSR count). The lowest BCUT2D eigenvalue weighted by Gasteiger charge is -2.05. The van der Waals surface area contributed by atoms with Gasteiger partial charge in [-0.15, -0.1) is 0 Å². The number of halogens is 1. The van der Waals surface area contributed by atoms with E-state index < -0.39 is 0 Å². The monoisotopic (exact) mass is 288 g/mol. The molecule has 2 aromatic heterocycles. The molecule has 3 aromatic rings. The Bertz CT molecular complexity index is 795. The van der Waals surface area contributed by atoms with Gasteiger partial charge in [-0.3, -0.25) is 4.68 Å². The van der Waals surface area contributed by atoms with Crippen molar-refractivity contribution in [1.82, 2.24) is 19.7 Å². The van der Waals surface area contributed by atoms with Crippen LogP contribution in [0.2, 0.25) is 5.02 Å². The van der Waals surface area contributed by atoms with Crippen LogP contribution in [0, 0.1) is 6.92 Å². The summed E-state index contributed by atoms with van der Waals surface area (Å²) in [5.41, 5.74) is 8.53. The van der Waals surface area contributed by atoms with Crippen LogP contribution in [0.5, 0.6) is 0 Å². The number of aryl methyl sites for hydroxylation is 2. The first-order valence-corrected chi connectivity index (χ1v) is 6.41. The molecule has 0 aliphatic rings. The van der Waals surface area contributed by atoms with Gasteiger partial charge in [0.05, 0.1) is 11.7 Å². The van der Waals surface area contributed by atoms with Crippen molar-refractivity contribution >= 4 is 40.0 Å². The quantitative estimate of drug-likeness (QED) is 0.757. The fourth-order valence-corrected chi connectivity index (χ4v) is 2.07. The second-order valence-corrected chi connectivity index (χ2v) is 4.90. The zero-order valence-electron chi connectivity index (χ0n) is 11.1. The van der Waals surface area contributed by atoms with Crippen LogP contribution in [0.15, 0.2) is 24.4 Å². The van der Waals surface area contributed by atoms with Crippen LogP contribution in [0.3, 0.4) is 0 Å². The number of nitrogen functional groups attached to an aromatic ring is 1. The Kier molecular flexibility index (Phi) is 2.94. The fourth-order valence-electron chi connectivity index (χ4n) is 1.98. The lowest BCUT2D eigenvalue weighted by atomic mass is 10.2. The Morgan fingerprint density at radius 2 is 2.15 bits per heavy atom. The SMILES string of the molecule is Cc1c2ccc(Nc3ncc(Cl)c(N)n3)cc2nn1C. The molecule has 0 aliphatic carbocycles. The number of nitrogens with one attached hydrogen (secondary N) is 1. The van der Waals surface area contributed by atoms with E-state index in [-0.39, 0.29) is 5.82 Å². The molecule has 1 aromatic carbocycles. The highest BCUT2D eigenvalue weighted by Crippen LogP contribution is 2.23. The predicted molar refractivity (Wildman–Crippen MR) is 80.2 cm³/mol. The van der Waals surface area contributed by atoms with Gasteiger partial charge in [0.25, 0.3) is 0 Å². The van der Waals surface area contributed by atoms with E-state index in [1.807, 2.05) is 36.9 Å². The molecule has 20 heavy (non-hydrogen) atoms. The van der Waals surface area contributed by atoms with Crippen LogP contribution in [0.1, 0.15) is 5.69 Å². The summed E-state index contributed by atoms with van der Waals surface area (Å²) in [4.78, 5) is 8.15. The van der Waals surface area contributed by atoms with Crippen molar-refractivity contribution in [1.29, 1.82) is 0 Å². The van der Waals surface area contributed by atoms with Crippen LogP contribution >= 0.6 is 11.6 Å². The van der Waals surface area contributed by atoms with Crippen LogP contribution < -0.4 is 11.1 Å². The van der Waals surface area contributed by atoms with Gasteiger partial charge in [0, 0.05) is 23.8 Å². The number of fused-ring (bicyclic) bond motifs is 1. The van der Waals surface area contributed by atoms with Crippen molar-refractivity contribution in [2.24, 2.45) is 7.05 Å². The second-order valence-electron chi connectivity index (χ2n) is 4.49. The first kappa shape index (κ1) is 12.7. The molecule has 0 bridgehead atoms. The predicted octanol–water partition coefficient (Wildman–Crippen LogP) is 2.65. The van der Waals surface area contributed by atoms with E-state index >= 15 is 0 Å². The highest BCUT2D eigenvalue weighted by Gasteiger charge is 2.07. The van der Waals surface area contributed by atoms with Crippen LogP contribution in [0.4, 0.5) is 17.5 Å². The molecular formula is C13H13ClN6. The normalized spacial score (nSPS) is 10.9. The summed E-state index contributed by atoms with van der Waals surface area (Å²) in [5, 5.41) is 8.98. The van der Waals surface area contributed by atoms with Gasteiger partial charge in [-0.25, -0.2) is 4.98 Å². The third-order valence-electron chi connectivity index (χ3n) is 3.16. The van der Waals surface area contributed by atoms with E-state index in [0.717, 1.165) is 22.3 Å². The zero-order chi connectivity index (χ0) is 14.3. The fraction of sp³-hybridized carbons (Fsp3) is 0.154. The molecule has 0 atom stereocenters. The molecule has 6 nitrogen and oxygen atoms in total. The van der Waals surface area contributed by atoms with Crippen molar-refractivity contribution in [3.05, 3.63) is 35.1 Å². The number of nitrogens with zero attached hydrogens (tertiary/aromatic N) is 4. The van der Waals surface area contributed by atoms with Crippen LogP contribution in [-0.4, -0.2) is 19.7 Å². The molecule has 0 saturated carbocycles. The number of hydrogen-bond donors (Lipinski definition) is 2. The number of anilines is 3. The standard InChI is InChI=1S/C13H13ClN6/c1-7-9-4-3-8(5-11(9)19-20(7)2)17-13-16-6-10(14)12(15)18-13/h3-6H,1-2H3,(H3,15,16,17,18). The van der Waals surface area contributed by atoms with Gasteiger partial charge in [0.1, 0.15) is 10.8 Å². The minimum absolute atomic E-state index is 0.249. The van der Waals surface area contributed by atoms with Crippen molar-refractivity contribution < 1.29 is 0 Å². The highest BCUT2D eigenvalue weighted by atomic mass is 35.5. The molecule has 102 valence electrons. The Balaban J connectivity index is 1.96. The first-order chi connectivity index (χ1) is 9.54. The van der Waals surface area contributed by atoms with Crippen LogP contribution in [0.25, 0.3) is 10.9 Å². The smallest absolute Gasteiger partial charge is 0.229 e. The van der Waals surface area contributed by atoms with Crippen molar-refractivity contribution in [3.8, 4) is 0 Å². The van der Waals surface area contributed by atoms with Gasteiger partial charge in [0.15, 0.2) is 0 Å². The molecule has 0 unspecified atom stereocenters. The molecule has 0 saturated heterocycles. The first-order valence-electron chi connectivity index (χ1n) is 6.03. The number of hydrogen-bond acceptors (Lipinski definition) is 5. The van der Waals surface area contributed by atoms with E-state index in [1.165, 1.54) is 6.20 Å². The molecule has 0 amide bonds. The summed E-state index contributed by atoms with van der Waals surface area (Å²) in [6.07, 6.45) is 1.47. The zero-order valence-corrected chi connectivity index (χ0v) is 11.8. The molecule has 0 aliphatic heterocycles. The van der Waals surface area contributed by atoms with Gasteiger partial charge >= 0.3 is 0 Å². The maximum atomic E-state index is 5.79. The Morgan fingerprint density at radius 1 is 1.35 bits per heavy atom. The maximum Gasteiger partial charge on any atom is 0.229 e. The number of nitrogens with two attached hydrogens (primary N) is 1. The van der Waals surface area contributed by atoms with Gasteiger partial charge in [-0.2, -0.15) is 10.1 Å². The Labute approximate surface area is 120 Å². The summed E-state index contributed by atoms with van der Waals surface area (Å²) in [7, 11) is 1.92. The summed E-state index contributed by atoms with van der Waals surface area (Å²) >= 11 is 5.79. The Hall–Kier alpha value is -2.34. The van der Waals surface area contributed by atoms with Crippen LogP contribution in [-0.2, 0) is 7.05 Å². The minimum Gasteiger partial charge on any atom is -0.382 e. The molecule has 7 heteroatoms. The third kappa shape index (κ3) is 2.14. The van der Waals surface area contributed by atoms with Crippen molar-refractivity contribution in [3.63, 3.8) is 0 Å². The molecule has 0 fully saturated rings.